The number of methoxy groups -OCH3 is 1. The smallest absolute Gasteiger partial charge is 0.273 e. The number of hydrogen-bond acceptors (Lipinski definition) is 6. The fraction of sp³-hybridized carbons (Fsp3) is 0.273. The molecule has 7 nitrogen and oxygen atoms in total. The van der Waals surface area contributed by atoms with Crippen LogP contribution in [0.25, 0.3) is 0 Å². The number of fused-ring (bicyclic) bond motifs is 3. The number of nitrogens with zero attached hydrogens (tertiary/aromatic N) is 3. The maximum atomic E-state index is 12.3. The number of rotatable bonds is 7. The molecule has 7 heteroatoms. The Labute approximate surface area is 299 Å². The van der Waals surface area contributed by atoms with Crippen LogP contribution in [0.1, 0.15) is 67.9 Å². The maximum absolute atomic E-state index is 12.3. The Kier molecular flexibility index (Phi) is 7.71. The van der Waals surface area contributed by atoms with E-state index in [1.807, 2.05) is 12.1 Å². The molecule has 0 N–H and O–H groups in total. The topological polar surface area (TPSA) is 68.1 Å². The molecular weight excluding hydrogens is 635 g/mol. The summed E-state index contributed by atoms with van der Waals surface area (Å²) in [6.07, 6.45) is 2.93. The van der Waals surface area contributed by atoms with E-state index < -0.39 is 11.1 Å². The lowest BCUT2D eigenvalue weighted by atomic mass is 9.70. The predicted octanol–water partition coefficient (Wildman–Crippen LogP) is 10.0. The van der Waals surface area contributed by atoms with Gasteiger partial charge < -0.3 is 19.3 Å². The number of nitro groups is 1. The van der Waals surface area contributed by atoms with Crippen molar-refractivity contribution >= 4 is 17.1 Å². The lowest BCUT2D eigenvalue weighted by Gasteiger charge is -2.52. The standard InChI is InChI=1S/C44H43N3O4/c1-42(2)35-20-12-14-22-37(35)45(28-30-16-8-6-9-17-30)40(42)24-32-27-44(51-41-34(32)25-33(47(48)49)26-39(41)50-5)43(3,4)36-21-13-15-23-38(36)46(44)29-31-18-10-7-11-19-31/h6-26,32H,27-29H2,1-5H3/b40-24+. The largest absolute Gasteiger partial charge is 0.493 e. The quantitative estimate of drug-likeness (QED) is 0.126. The molecule has 0 bridgehead atoms. The Hall–Kier alpha value is -5.56. The molecule has 0 radical (unpaired) electrons. The number of para-hydroxylation sites is 2. The summed E-state index contributed by atoms with van der Waals surface area (Å²) in [5, 5.41) is 12.3. The van der Waals surface area contributed by atoms with Gasteiger partial charge in [-0.05, 0) is 48.2 Å². The highest BCUT2D eigenvalue weighted by molar-refractivity contribution is 5.72. The monoisotopic (exact) mass is 677 g/mol. The molecule has 2 atom stereocenters. The number of hydrogen-bond donors (Lipinski definition) is 0. The van der Waals surface area contributed by atoms with Gasteiger partial charge >= 0.3 is 0 Å². The Bertz CT molecular complexity index is 2160. The fourth-order valence-electron chi connectivity index (χ4n) is 8.79. The third kappa shape index (κ3) is 5.09. The van der Waals surface area contributed by atoms with Crippen molar-refractivity contribution in [3.63, 3.8) is 0 Å². The van der Waals surface area contributed by atoms with Gasteiger partial charge in [0.15, 0.2) is 17.2 Å². The van der Waals surface area contributed by atoms with Crippen LogP contribution in [0.2, 0.25) is 0 Å². The van der Waals surface area contributed by atoms with Gasteiger partial charge in [-0.15, -0.1) is 0 Å². The first-order chi connectivity index (χ1) is 24.5. The number of nitro benzene ring substituents is 1. The number of anilines is 2. The third-order valence-corrected chi connectivity index (χ3v) is 11.5. The first-order valence-corrected chi connectivity index (χ1v) is 17.6. The molecular formula is C44H43N3O4. The lowest BCUT2D eigenvalue weighted by Crippen LogP contribution is -2.61. The van der Waals surface area contributed by atoms with Gasteiger partial charge in [-0.25, -0.2) is 0 Å². The van der Waals surface area contributed by atoms with Crippen molar-refractivity contribution in [2.24, 2.45) is 0 Å². The van der Waals surface area contributed by atoms with Crippen molar-refractivity contribution < 1.29 is 14.4 Å². The summed E-state index contributed by atoms with van der Waals surface area (Å²) in [6, 6.07) is 41.4. The van der Waals surface area contributed by atoms with E-state index in [1.165, 1.54) is 34.0 Å². The molecule has 51 heavy (non-hydrogen) atoms. The molecule has 5 aromatic carbocycles. The van der Waals surface area contributed by atoms with Crippen LogP contribution < -0.4 is 19.3 Å². The van der Waals surface area contributed by atoms with E-state index >= 15 is 0 Å². The van der Waals surface area contributed by atoms with Crippen LogP contribution in [-0.4, -0.2) is 17.8 Å². The Morgan fingerprint density at radius 1 is 0.804 bits per heavy atom. The van der Waals surface area contributed by atoms with Gasteiger partial charge in [0, 0.05) is 59.5 Å². The molecule has 0 aliphatic carbocycles. The zero-order chi connectivity index (χ0) is 35.5. The SMILES string of the molecule is COc1cc([N+](=O)[O-])cc2c1OC1(CC2/C=C2/N(Cc3ccccc3)c3ccccc3C2(C)C)N(Cc2ccccc2)c2ccccc2C1(C)C. The first kappa shape index (κ1) is 32.6. The molecule has 8 rings (SSSR count). The minimum atomic E-state index is -0.857. The zero-order valence-corrected chi connectivity index (χ0v) is 29.8. The molecule has 0 saturated carbocycles. The second-order valence-corrected chi connectivity index (χ2v) is 15.0. The maximum Gasteiger partial charge on any atom is 0.273 e. The second-order valence-electron chi connectivity index (χ2n) is 15.0. The Morgan fingerprint density at radius 2 is 1.39 bits per heavy atom. The van der Waals surface area contributed by atoms with E-state index in [-0.39, 0.29) is 21.9 Å². The van der Waals surface area contributed by atoms with Gasteiger partial charge in [-0.1, -0.05) is 117 Å². The van der Waals surface area contributed by atoms with Gasteiger partial charge in [-0.2, -0.15) is 0 Å². The van der Waals surface area contributed by atoms with E-state index in [0.717, 1.165) is 16.9 Å². The van der Waals surface area contributed by atoms with E-state index in [0.29, 0.717) is 31.0 Å². The average Bonchev–Trinajstić information content (AvgIpc) is 3.45. The van der Waals surface area contributed by atoms with Crippen LogP contribution in [-0.2, 0) is 23.9 Å². The number of non-ortho nitro benzene ring substituents is 1. The molecule has 0 fully saturated rings. The zero-order valence-electron chi connectivity index (χ0n) is 29.8. The van der Waals surface area contributed by atoms with Crippen LogP contribution in [0.4, 0.5) is 17.1 Å². The van der Waals surface area contributed by atoms with E-state index in [9.17, 15) is 10.1 Å². The van der Waals surface area contributed by atoms with Gasteiger partial charge in [0.25, 0.3) is 5.69 Å². The van der Waals surface area contributed by atoms with Gasteiger partial charge in [-0.3, -0.25) is 10.1 Å². The highest BCUT2D eigenvalue weighted by Crippen LogP contribution is 2.61. The van der Waals surface area contributed by atoms with Crippen LogP contribution in [0.15, 0.2) is 133 Å². The van der Waals surface area contributed by atoms with Crippen molar-refractivity contribution in [2.75, 3.05) is 16.9 Å². The molecule has 5 aromatic rings. The van der Waals surface area contributed by atoms with Crippen molar-refractivity contribution in [1.29, 1.82) is 0 Å². The number of allylic oxidation sites excluding steroid dienone is 2. The number of benzene rings is 5. The van der Waals surface area contributed by atoms with Crippen molar-refractivity contribution in [3.8, 4) is 11.5 Å². The molecule has 2 unspecified atom stereocenters. The fourth-order valence-corrected chi connectivity index (χ4v) is 8.79. The van der Waals surface area contributed by atoms with E-state index in [2.05, 4.69) is 141 Å². The van der Waals surface area contributed by atoms with Crippen molar-refractivity contribution in [1.82, 2.24) is 0 Å². The molecule has 3 aliphatic heterocycles. The normalized spacial score (nSPS) is 21.6. The van der Waals surface area contributed by atoms with Gasteiger partial charge in [0.1, 0.15) is 0 Å². The van der Waals surface area contributed by atoms with Crippen LogP contribution in [0, 0.1) is 10.1 Å². The van der Waals surface area contributed by atoms with Crippen molar-refractivity contribution in [2.45, 2.75) is 69.7 Å². The Morgan fingerprint density at radius 3 is 2.04 bits per heavy atom. The van der Waals surface area contributed by atoms with Gasteiger partial charge in [0.05, 0.1) is 23.5 Å². The summed E-state index contributed by atoms with van der Waals surface area (Å²) in [4.78, 5) is 16.9. The highest BCUT2D eigenvalue weighted by atomic mass is 16.6. The average molecular weight is 678 g/mol. The van der Waals surface area contributed by atoms with E-state index in [4.69, 9.17) is 9.47 Å². The minimum absolute atomic E-state index is 0.0150. The third-order valence-electron chi connectivity index (χ3n) is 11.5. The summed E-state index contributed by atoms with van der Waals surface area (Å²) in [7, 11) is 1.56. The Balaban J connectivity index is 1.36. The molecule has 0 saturated heterocycles. The summed E-state index contributed by atoms with van der Waals surface area (Å²) in [6.45, 7) is 10.4. The molecule has 3 aliphatic rings. The summed E-state index contributed by atoms with van der Waals surface area (Å²) < 4.78 is 13.3. The van der Waals surface area contributed by atoms with Crippen LogP contribution >= 0.6 is 0 Å². The van der Waals surface area contributed by atoms with Gasteiger partial charge in [0.2, 0.25) is 0 Å². The molecule has 1 spiro atoms. The number of ether oxygens (including phenoxy) is 2. The summed E-state index contributed by atoms with van der Waals surface area (Å²) in [5.41, 5.74) is 7.38. The minimum Gasteiger partial charge on any atom is -0.493 e. The first-order valence-electron chi connectivity index (χ1n) is 17.6. The second kappa shape index (κ2) is 12.0. The molecule has 0 amide bonds. The summed E-state index contributed by atoms with van der Waals surface area (Å²) >= 11 is 0. The summed E-state index contributed by atoms with van der Waals surface area (Å²) in [5.74, 6) is 0.664. The van der Waals surface area contributed by atoms with Crippen LogP contribution in [0.5, 0.6) is 11.5 Å². The highest BCUT2D eigenvalue weighted by Gasteiger charge is 2.62. The predicted molar refractivity (Wildman–Crippen MR) is 203 cm³/mol. The van der Waals surface area contributed by atoms with Crippen molar-refractivity contribution in [3.05, 3.63) is 171 Å². The van der Waals surface area contributed by atoms with Crippen LogP contribution in [0.3, 0.4) is 0 Å². The van der Waals surface area contributed by atoms with E-state index in [1.54, 1.807) is 13.2 Å². The molecule has 3 heterocycles. The molecule has 258 valence electrons. The lowest BCUT2D eigenvalue weighted by molar-refractivity contribution is -0.385. The molecule has 0 aromatic heterocycles.